The third-order valence-electron chi connectivity index (χ3n) is 3.34. The van der Waals surface area contributed by atoms with Crippen LogP contribution in [0.15, 0.2) is 18.3 Å². The lowest BCUT2D eigenvalue weighted by Crippen LogP contribution is -2.25. The van der Waals surface area contributed by atoms with Crippen molar-refractivity contribution in [2.75, 3.05) is 12.3 Å². The Balaban J connectivity index is 2.68. The van der Waals surface area contributed by atoms with Crippen molar-refractivity contribution in [1.29, 1.82) is 0 Å². The van der Waals surface area contributed by atoms with Crippen LogP contribution in [-0.4, -0.2) is 30.5 Å². The third kappa shape index (κ3) is 4.66. The van der Waals surface area contributed by atoms with E-state index in [1.54, 1.807) is 13.8 Å². The van der Waals surface area contributed by atoms with Gasteiger partial charge >= 0.3 is 0 Å². The van der Waals surface area contributed by atoms with Gasteiger partial charge in [-0.25, -0.2) is 8.42 Å². The number of hydrogen-bond donors (Lipinski definition) is 1. The quantitative estimate of drug-likeness (QED) is 0.798. The van der Waals surface area contributed by atoms with Gasteiger partial charge in [0, 0.05) is 24.5 Å². The first kappa shape index (κ1) is 16.2. The smallest absolute Gasteiger partial charge is 0.154 e. The van der Waals surface area contributed by atoms with Gasteiger partial charge in [0.05, 0.1) is 11.0 Å². The van der Waals surface area contributed by atoms with E-state index in [9.17, 15) is 8.42 Å². The van der Waals surface area contributed by atoms with Crippen LogP contribution >= 0.6 is 0 Å². The Morgan fingerprint density at radius 3 is 2.58 bits per heavy atom. The minimum atomic E-state index is -2.97. The zero-order valence-corrected chi connectivity index (χ0v) is 13.2. The topological polar surface area (TPSA) is 51.1 Å². The molecule has 1 heterocycles. The van der Waals surface area contributed by atoms with Gasteiger partial charge in [-0.2, -0.15) is 0 Å². The van der Waals surface area contributed by atoms with Crippen molar-refractivity contribution in [1.82, 2.24) is 9.88 Å². The molecule has 110 valence electrons. The first-order valence-electron chi connectivity index (χ1n) is 6.98. The van der Waals surface area contributed by atoms with E-state index in [2.05, 4.69) is 25.2 Å². The summed E-state index contributed by atoms with van der Waals surface area (Å²) >= 11 is 0. The Hall–Kier alpha value is -0.810. The van der Waals surface area contributed by atoms with Crippen LogP contribution in [0.5, 0.6) is 0 Å². The molecule has 0 aliphatic heterocycles. The lowest BCUT2D eigenvalue weighted by atomic mass is 10.2. The molecule has 1 aromatic rings. The van der Waals surface area contributed by atoms with Gasteiger partial charge < -0.3 is 9.88 Å². The molecule has 1 aromatic heterocycles. The minimum absolute atomic E-state index is 0.201. The molecule has 4 nitrogen and oxygen atoms in total. The molecule has 0 amide bonds. The molecule has 19 heavy (non-hydrogen) atoms. The molecule has 0 aliphatic rings. The summed E-state index contributed by atoms with van der Waals surface area (Å²) in [5, 5.41) is 3.12. The number of aryl methyl sites for hydroxylation is 1. The molecule has 1 rings (SSSR count). The number of hydrogen-bond acceptors (Lipinski definition) is 3. The first-order valence-corrected chi connectivity index (χ1v) is 8.70. The number of nitrogens with one attached hydrogen (secondary N) is 1. The maximum absolute atomic E-state index is 11.8. The van der Waals surface area contributed by atoms with Crippen LogP contribution in [0.4, 0.5) is 0 Å². The molecule has 1 unspecified atom stereocenters. The van der Waals surface area contributed by atoms with Crippen LogP contribution in [0, 0.1) is 0 Å². The van der Waals surface area contributed by atoms with Crippen LogP contribution in [0.2, 0.25) is 0 Å². The second-order valence-electron chi connectivity index (χ2n) is 5.22. The van der Waals surface area contributed by atoms with Gasteiger partial charge in [-0.05, 0) is 45.9 Å². The van der Waals surface area contributed by atoms with Crippen molar-refractivity contribution in [3.8, 4) is 0 Å². The van der Waals surface area contributed by atoms with E-state index in [0.29, 0.717) is 6.54 Å². The fourth-order valence-electron chi connectivity index (χ4n) is 1.95. The summed E-state index contributed by atoms with van der Waals surface area (Å²) in [5.74, 6) is 0.201. The zero-order chi connectivity index (χ0) is 14.5. The van der Waals surface area contributed by atoms with E-state index in [4.69, 9.17) is 0 Å². The molecule has 0 fully saturated rings. The van der Waals surface area contributed by atoms with Crippen LogP contribution in [0.25, 0.3) is 0 Å². The van der Waals surface area contributed by atoms with E-state index in [1.807, 2.05) is 16.8 Å². The normalized spacial score (nSPS) is 13.9. The lowest BCUT2D eigenvalue weighted by molar-refractivity contribution is 0.527. The summed E-state index contributed by atoms with van der Waals surface area (Å²) in [5.41, 5.74) is 1.15. The molecule has 0 spiro atoms. The molecule has 0 aromatic carbocycles. The Kier molecular flexibility index (Phi) is 6.07. The summed E-state index contributed by atoms with van der Waals surface area (Å²) in [6.07, 6.45) is 3.04. The van der Waals surface area contributed by atoms with Gasteiger partial charge in [0.2, 0.25) is 0 Å². The van der Waals surface area contributed by atoms with Crippen LogP contribution in [0.1, 0.15) is 45.9 Å². The highest BCUT2D eigenvalue weighted by atomic mass is 32.2. The minimum Gasteiger partial charge on any atom is -0.349 e. The number of sulfone groups is 1. The van der Waals surface area contributed by atoms with Crippen molar-refractivity contribution in [3.63, 3.8) is 0 Å². The number of nitrogens with zero attached hydrogens (tertiary/aromatic N) is 1. The predicted octanol–water partition coefficient (Wildman–Crippen LogP) is 2.37. The van der Waals surface area contributed by atoms with E-state index in [0.717, 1.165) is 18.7 Å². The van der Waals surface area contributed by atoms with Gasteiger partial charge in [-0.1, -0.05) is 6.92 Å². The standard InChI is InChI=1S/C14H26N2O2S/c1-5-8-15-13(4)14-7-6-9-16(14)10-11-19(17,18)12(2)3/h6-7,9,12-13,15H,5,8,10-11H2,1-4H3. The second-order valence-corrected chi connectivity index (χ2v) is 7.89. The maximum Gasteiger partial charge on any atom is 0.154 e. The first-order chi connectivity index (χ1) is 8.88. The molecular weight excluding hydrogens is 260 g/mol. The number of aromatic nitrogens is 1. The Labute approximate surface area is 117 Å². The summed E-state index contributed by atoms with van der Waals surface area (Å²) in [6.45, 7) is 9.21. The predicted molar refractivity (Wildman–Crippen MR) is 80.1 cm³/mol. The third-order valence-corrected chi connectivity index (χ3v) is 5.53. The molecular formula is C14H26N2O2S. The van der Waals surface area contributed by atoms with Gasteiger partial charge in [-0.3, -0.25) is 0 Å². The van der Waals surface area contributed by atoms with Crippen molar-refractivity contribution >= 4 is 9.84 Å². The summed E-state index contributed by atoms with van der Waals surface area (Å²) < 4.78 is 25.7. The molecule has 0 bridgehead atoms. The largest absolute Gasteiger partial charge is 0.349 e. The van der Waals surface area contributed by atoms with Gasteiger partial charge in [0.1, 0.15) is 0 Å². The van der Waals surface area contributed by atoms with Crippen molar-refractivity contribution in [2.45, 2.75) is 52.0 Å². The van der Waals surface area contributed by atoms with E-state index >= 15 is 0 Å². The molecule has 1 atom stereocenters. The van der Waals surface area contributed by atoms with Crippen molar-refractivity contribution in [3.05, 3.63) is 24.0 Å². The second kappa shape index (κ2) is 7.10. The lowest BCUT2D eigenvalue weighted by Gasteiger charge is -2.17. The Morgan fingerprint density at radius 1 is 1.32 bits per heavy atom. The maximum atomic E-state index is 11.8. The molecule has 0 saturated heterocycles. The van der Waals surface area contributed by atoms with Gasteiger partial charge in [-0.15, -0.1) is 0 Å². The van der Waals surface area contributed by atoms with Crippen LogP contribution < -0.4 is 5.32 Å². The SMILES string of the molecule is CCCNC(C)c1cccn1CCS(=O)(=O)C(C)C. The Morgan fingerprint density at radius 2 is 2.00 bits per heavy atom. The van der Waals surface area contributed by atoms with E-state index in [-0.39, 0.29) is 17.0 Å². The number of rotatable bonds is 8. The van der Waals surface area contributed by atoms with Gasteiger partial charge in [0.15, 0.2) is 9.84 Å². The average molecular weight is 286 g/mol. The zero-order valence-electron chi connectivity index (χ0n) is 12.4. The summed E-state index contributed by atoms with van der Waals surface area (Å²) in [7, 11) is -2.97. The summed E-state index contributed by atoms with van der Waals surface area (Å²) in [4.78, 5) is 0. The molecule has 0 saturated carbocycles. The van der Waals surface area contributed by atoms with E-state index in [1.165, 1.54) is 0 Å². The molecule has 5 heteroatoms. The fourth-order valence-corrected chi connectivity index (χ4v) is 2.87. The Bertz CT molecular complexity index is 477. The van der Waals surface area contributed by atoms with Crippen molar-refractivity contribution < 1.29 is 8.42 Å². The summed E-state index contributed by atoms with van der Waals surface area (Å²) in [6, 6.07) is 4.27. The van der Waals surface area contributed by atoms with E-state index < -0.39 is 9.84 Å². The fraction of sp³-hybridized carbons (Fsp3) is 0.714. The average Bonchev–Trinajstić information content (AvgIpc) is 2.81. The molecule has 0 radical (unpaired) electrons. The van der Waals surface area contributed by atoms with Crippen LogP contribution in [-0.2, 0) is 16.4 Å². The van der Waals surface area contributed by atoms with Gasteiger partial charge in [0.25, 0.3) is 0 Å². The van der Waals surface area contributed by atoms with Crippen LogP contribution in [0.3, 0.4) is 0 Å². The molecule has 1 N–H and O–H groups in total. The molecule has 0 aliphatic carbocycles. The highest BCUT2D eigenvalue weighted by Crippen LogP contribution is 2.14. The highest BCUT2D eigenvalue weighted by Gasteiger charge is 2.17. The highest BCUT2D eigenvalue weighted by molar-refractivity contribution is 7.91. The monoisotopic (exact) mass is 286 g/mol. The van der Waals surface area contributed by atoms with Crippen molar-refractivity contribution in [2.24, 2.45) is 0 Å².